The topological polar surface area (TPSA) is 36.1 Å². The van der Waals surface area contributed by atoms with Crippen molar-refractivity contribution in [3.05, 3.63) is 170 Å². The monoisotopic (exact) mass is 666 g/mol. The number of nitrogens with zero attached hydrogens (tertiary/aromatic N) is 2. The zero-order valence-electron chi connectivity index (χ0n) is 28.1. The summed E-state index contributed by atoms with van der Waals surface area (Å²) in [7, 11) is 0. The molecule has 0 radical (unpaired) electrons. The van der Waals surface area contributed by atoms with Crippen molar-refractivity contribution in [3.63, 3.8) is 0 Å². The van der Waals surface area contributed by atoms with Gasteiger partial charge >= 0.3 is 0 Å². The Hall–Kier alpha value is -7.04. The number of hydrogen-bond donors (Lipinski definition) is 0. The van der Waals surface area contributed by atoms with Crippen molar-refractivity contribution in [1.29, 1.82) is 0 Å². The first-order valence-electron chi connectivity index (χ1n) is 17.5. The number of rotatable bonds is 5. The first kappa shape index (κ1) is 28.8. The molecule has 0 bridgehead atoms. The molecule has 244 valence electrons. The van der Waals surface area contributed by atoms with E-state index < -0.39 is 0 Å². The molecule has 0 fully saturated rings. The maximum Gasteiger partial charge on any atom is 0.137 e. The smallest absolute Gasteiger partial charge is 0.137 e. The number of benzene rings is 7. The molecular weight excluding hydrogens is 637 g/mol. The molecule has 52 heavy (non-hydrogen) atoms. The quantitative estimate of drug-likeness (QED) is 0.183. The van der Waals surface area contributed by atoms with Crippen LogP contribution in [0.2, 0.25) is 0 Å². The van der Waals surface area contributed by atoms with Gasteiger partial charge in [-0.05, 0) is 83.9 Å². The van der Waals surface area contributed by atoms with E-state index in [9.17, 15) is 0 Å². The predicted molar refractivity (Wildman–Crippen MR) is 218 cm³/mol. The second-order valence-corrected chi connectivity index (χ2v) is 13.4. The van der Waals surface area contributed by atoms with Crippen LogP contribution in [0.5, 0.6) is 0 Å². The number of para-hydroxylation sites is 3. The van der Waals surface area contributed by atoms with Crippen molar-refractivity contribution in [1.82, 2.24) is 9.13 Å². The molecule has 7 aromatic carbocycles. The van der Waals surface area contributed by atoms with Crippen molar-refractivity contribution in [3.8, 4) is 22.5 Å². The standard InChI is InChI=1S/C48H30N2O2/c1-3-32-35-23-22-31(28-47(35)51-44(32)4-2)49-39-15-8-5-12-33(39)37-26-29(20-24-41(37)49)30-21-25-42-38(27-30)34-13-6-9-16-40(34)50(42)43-17-11-19-46-48(43)36-14-7-10-18-45(36)52-46/h3-28H,1-2H2. The number of aromatic nitrogens is 2. The van der Waals surface area contributed by atoms with E-state index in [0.717, 1.165) is 72.2 Å². The van der Waals surface area contributed by atoms with Gasteiger partial charge in [0.15, 0.2) is 0 Å². The minimum atomic E-state index is 0.737. The third-order valence-corrected chi connectivity index (χ3v) is 10.7. The van der Waals surface area contributed by atoms with E-state index in [1.54, 1.807) is 6.08 Å². The second kappa shape index (κ2) is 10.7. The van der Waals surface area contributed by atoms with Crippen LogP contribution in [0, 0.1) is 0 Å². The Morgan fingerprint density at radius 1 is 0.423 bits per heavy atom. The molecule has 4 nitrogen and oxygen atoms in total. The molecule has 0 aliphatic heterocycles. The average Bonchev–Trinajstić information content (AvgIpc) is 3.94. The fourth-order valence-corrected chi connectivity index (χ4v) is 8.41. The number of fused-ring (bicyclic) bond motifs is 10. The molecule has 11 rings (SSSR count). The van der Waals surface area contributed by atoms with Crippen LogP contribution < -0.4 is 0 Å². The molecule has 4 heterocycles. The molecule has 0 aliphatic rings. The Bertz CT molecular complexity index is 3290. The maximum absolute atomic E-state index is 6.29. The van der Waals surface area contributed by atoms with Crippen molar-refractivity contribution in [2.45, 2.75) is 0 Å². The molecule has 0 atom stereocenters. The second-order valence-electron chi connectivity index (χ2n) is 13.4. The van der Waals surface area contributed by atoms with Crippen LogP contribution in [0.15, 0.2) is 168 Å². The molecule has 4 heteroatoms. The van der Waals surface area contributed by atoms with E-state index in [2.05, 4.69) is 156 Å². The molecule has 0 saturated carbocycles. The first-order valence-corrected chi connectivity index (χ1v) is 17.5. The minimum absolute atomic E-state index is 0.737. The molecule has 0 spiro atoms. The van der Waals surface area contributed by atoms with Gasteiger partial charge in [-0.25, -0.2) is 0 Å². The van der Waals surface area contributed by atoms with Crippen LogP contribution in [0.3, 0.4) is 0 Å². The maximum atomic E-state index is 6.29. The largest absolute Gasteiger partial charge is 0.456 e. The third-order valence-electron chi connectivity index (χ3n) is 10.7. The Labute approximate surface area is 298 Å². The van der Waals surface area contributed by atoms with E-state index in [0.29, 0.717) is 0 Å². The number of hydrogen-bond acceptors (Lipinski definition) is 2. The fraction of sp³-hybridized carbons (Fsp3) is 0. The minimum Gasteiger partial charge on any atom is -0.456 e. The van der Waals surface area contributed by atoms with Crippen LogP contribution in [0.4, 0.5) is 0 Å². The highest BCUT2D eigenvalue weighted by Crippen LogP contribution is 2.41. The molecule has 11 aromatic rings. The lowest BCUT2D eigenvalue weighted by Crippen LogP contribution is -1.94. The summed E-state index contributed by atoms with van der Waals surface area (Å²) in [4.78, 5) is 0. The van der Waals surface area contributed by atoms with Crippen LogP contribution >= 0.6 is 0 Å². The summed E-state index contributed by atoms with van der Waals surface area (Å²) in [5.41, 5.74) is 12.7. The Morgan fingerprint density at radius 3 is 1.75 bits per heavy atom. The van der Waals surface area contributed by atoms with Gasteiger partial charge in [0.1, 0.15) is 22.5 Å². The molecule has 0 unspecified atom stereocenters. The molecule has 4 aromatic heterocycles. The summed E-state index contributed by atoms with van der Waals surface area (Å²) in [5, 5.41) is 8.11. The highest BCUT2D eigenvalue weighted by Gasteiger charge is 2.19. The van der Waals surface area contributed by atoms with Crippen molar-refractivity contribution >= 4 is 88.7 Å². The summed E-state index contributed by atoms with van der Waals surface area (Å²) in [5.74, 6) is 0.737. The van der Waals surface area contributed by atoms with Gasteiger partial charge in [0.25, 0.3) is 0 Å². The van der Waals surface area contributed by atoms with E-state index in [1.807, 2.05) is 18.2 Å². The van der Waals surface area contributed by atoms with Crippen LogP contribution in [-0.2, 0) is 0 Å². The number of furan rings is 2. The Kier molecular flexibility index (Phi) is 5.93. The van der Waals surface area contributed by atoms with Gasteiger partial charge in [-0.2, -0.15) is 0 Å². The average molecular weight is 667 g/mol. The molecule has 0 aliphatic carbocycles. The van der Waals surface area contributed by atoms with Gasteiger partial charge in [-0.1, -0.05) is 92.0 Å². The Morgan fingerprint density at radius 2 is 1.04 bits per heavy atom. The van der Waals surface area contributed by atoms with E-state index in [4.69, 9.17) is 8.83 Å². The summed E-state index contributed by atoms with van der Waals surface area (Å²) in [6, 6.07) is 52.1. The summed E-state index contributed by atoms with van der Waals surface area (Å²) >= 11 is 0. The summed E-state index contributed by atoms with van der Waals surface area (Å²) in [6.45, 7) is 7.93. The van der Waals surface area contributed by atoms with E-state index in [1.165, 1.54) is 38.2 Å². The molecule has 0 amide bonds. The van der Waals surface area contributed by atoms with Crippen molar-refractivity contribution in [2.24, 2.45) is 0 Å². The van der Waals surface area contributed by atoms with Gasteiger partial charge in [0.05, 0.1) is 33.1 Å². The normalized spacial score (nSPS) is 12.0. The zero-order valence-corrected chi connectivity index (χ0v) is 28.1. The third kappa shape index (κ3) is 3.92. The van der Waals surface area contributed by atoms with Gasteiger partial charge in [0, 0.05) is 49.6 Å². The summed E-state index contributed by atoms with van der Waals surface area (Å²) in [6.07, 6.45) is 3.58. The summed E-state index contributed by atoms with van der Waals surface area (Å²) < 4.78 is 17.2. The van der Waals surface area contributed by atoms with Crippen molar-refractivity contribution < 1.29 is 8.83 Å². The first-order chi connectivity index (χ1) is 25.7. The lowest BCUT2D eigenvalue weighted by Gasteiger charge is -2.10. The van der Waals surface area contributed by atoms with Crippen LogP contribution in [-0.4, -0.2) is 9.13 Å². The predicted octanol–water partition coefficient (Wildman–Crippen LogP) is 13.5. The highest BCUT2D eigenvalue weighted by atomic mass is 16.3. The SMILES string of the molecule is C=Cc1oc2cc(-n3c4ccccc4c4cc(-c5ccc6c(c5)c5ccccc5n6-c5cccc6oc7ccccc7c56)ccc43)ccc2c1C=C. The van der Waals surface area contributed by atoms with E-state index in [-0.39, 0.29) is 0 Å². The zero-order chi connectivity index (χ0) is 34.5. The van der Waals surface area contributed by atoms with Gasteiger partial charge in [0.2, 0.25) is 0 Å². The van der Waals surface area contributed by atoms with Crippen LogP contribution in [0.25, 0.3) is 111 Å². The molecule has 0 saturated heterocycles. The van der Waals surface area contributed by atoms with Gasteiger partial charge in [-0.3, -0.25) is 0 Å². The lowest BCUT2D eigenvalue weighted by molar-refractivity contribution is 0.603. The van der Waals surface area contributed by atoms with Gasteiger partial charge < -0.3 is 18.0 Å². The molecule has 0 N–H and O–H groups in total. The fourth-order valence-electron chi connectivity index (χ4n) is 8.41. The van der Waals surface area contributed by atoms with Crippen molar-refractivity contribution in [2.75, 3.05) is 0 Å². The highest BCUT2D eigenvalue weighted by molar-refractivity contribution is 6.15. The Balaban J connectivity index is 1.10. The van der Waals surface area contributed by atoms with E-state index >= 15 is 0 Å². The molecular formula is C48H30N2O2. The van der Waals surface area contributed by atoms with Crippen LogP contribution in [0.1, 0.15) is 11.3 Å². The lowest BCUT2D eigenvalue weighted by atomic mass is 10.0. The van der Waals surface area contributed by atoms with Gasteiger partial charge in [-0.15, -0.1) is 0 Å².